The highest BCUT2D eigenvalue weighted by Gasteiger charge is 2.34. The fourth-order valence-electron chi connectivity index (χ4n) is 4.88. The second kappa shape index (κ2) is 14.4. The molecule has 0 aliphatic carbocycles. The zero-order chi connectivity index (χ0) is 23.6. The number of anilines is 1. The lowest BCUT2D eigenvalue weighted by atomic mass is 9.91. The molecule has 1 fully saturated rings. The predicted octanol–water partition coefficient (Wildman–Crippen LogP) is 3.08. The van der Waals surface area contributed by atoms with Crippen LogP contribution in [0.1, 0.15) is 57.4 Å². The Balaban J connectivity index is 0.00000408. The average Bonchev–Trinajstić information content (AvgIpc) is 2.93. The lowest BCUT2D eigenvalue weighted by molar-refractivity contribution is -0.146. The van der Waals surface area contributed by atoms with Crippen molar-refractivity contribution < 1.29 is 24.2 Å². The summed E-state index contributed by atoms with van der Waals surface area (Å²) in [6, 6.07) is 6.17. The first-order chi connectivity index (χ1) is 16.0. The molecular weight excluding hydrogens is 502 g/mol. The molecule has 0 saturated carbocycles. The Morgan fingerprint density at radius 3 is 2.65 bits per heavy atom. The van der Waals surface area contributed by atoms with E-state index in [-0.39, 0.29) is 35.5 Å². The van der Waals surface area contributed by atoms with Crippen molar-refractivity contribution in [3.63, 3.8) is 0 Å². The molecule has 2 heterocycles. The number of halogens is 1. The van der Waals surface area contributed by atoms with Crippen molar-refractivity contribution in [1.29, 1.82) is 0 Å². The molecule has 2 aliphatic heterocycles. The number of aryl methyl sites for hydroxylation is 1. The fourth-order valence-corrected chi connectivity index (χ4v) is 4.88. The van der Waals surface area contributed by atoms with Gasteiger partial charge in [0.25, 0.3) is 0 Å². The highest BCUT2D eigenvalue weighted by atomic mass is 79.9. The number of nitrogens with one attached hydrogen (secondary N) is 2. The Labute approximate surface area is 212 Å². The summed E-state index contributed by atoms with van der Waals surface area (Å²) in [6.07, 6.45) is 7.20. The first kappa shape index (κ1) is 28.3. The molecule has 0 bridgehead atoms. The molecule has 0 radical (unpaired) electrons. The summed E-state index contributed by atoms with van der Waals surface area (Å²) in [5.74, 6) is -0.990. The first-order valence-corrected chi connectivity index (χ1v) is 12.2. The van der Waals surface area contributed by atoms with E-state index in [1.165, 1.54) is 17.7 Å². The van der Waals surface area contributed by atoms with Crippen LogP contribution in [0.2, 0.25) is 0 Å². The molecule has 1 aromatic rings. The number of amides is 1. The van der Waals surface area contributed by atoms with Gasteiger partial charge in [-0.3, -0.25) is 24.6 Å². The first-order valence-electron chi connectivity index (χ1n) is 12.2. The number of ether oxygens (including phenoxy) is 1. The topological polar surface area (TPSA) is 108 Å². The number of esters is 1. The van der Waals surface area contributed by atoms with Gasteiger partial charge in [0.15, 0.2) is 0 Å². The van der Waals surface area contributed by atoms with Gasteiger partial charge in [-0.1, -0.05) is 37.5 Å². The number of nitrogens with zero attached hydrogens (tertiary/aromatic N) is 1. The quantitative estimate of drug-likeness (QED) is 0.293. The molecule has 3 N–H and O–H groups in total. The van der Waals surface area contributed by atoms with Crippen LogP contribution in [0.15, 0.2) is 24.3 Å². The number of carboxylic acid groups (broad SMARTS) is 1. The number of rotatable bonds is 11. The van der Waals surface area contributed by atoms with Crippen LogP contribution in [0.3, 0.4) is 0 Å². The van der Waals surface area contributed by atoms with Gasteiger partial charge in [0.1, 0.15) is 12.6 Å². The second-order valence-electron chi connectivity index (χ2n) is 8.99. The van der Waals surface area contributed by atoms with Gasteiger partial charge in [0.05, 0.1) is 12.6 Å². The normalized spacial score (nSPS) is 19.5. The molecule has 0 unspecified atom stereocenters. The highest BCUT2D eigenvalue weighted by molar-refractivity contribution is 8.93. The van der Waals surface area contributed by atoms with Crippen molar-refractivity contribution in [2.24, 2.45) is 5.92 Å². The van der Waals surface area contributed by atoms with Crippen LogP contribution in [-0.2, 0) is 25.5 Å². The van der Waals surface area contributed by atoms with Gasteiger partial charge in [-0.25, -0.2) is 0 Å². The van der Waals surface area contributed by atoms with Crippen molar-refractivity contribution in [3.05, 3.63) is 29.8 Å². The van der Waals surface area contributed by atoms with Crippen molar-refractivity contribution in [1.82, 2.24) is 10.6 Å². The maximum absolute atomic E-state index is 13.3. The Bertz CT molecular complexity index is 815. The molecule has 2 aliphatic rings. The van der Waals surface area contributed by atoms with E-state index in [4.69, 9.17) is 4.74 Å². The van der Waals surface area contributed by atoms with Gasteiger partial charge in [0.2, 0.25) is 5.91 Å². The van der Waals surface area contributed by atoms with Gasteiger partial charge < -0.3 is 15.2 Å². The van der Waals surface area contributed by atoms with Gasteiger partial charge >= 0.3 is 11.9 Å². The minimum atomic E-state index is -1.07. The van der Waals surface area contributed by atoms with Crippen LogP contribution < -0.4 is 15.5 Å². The summed E-state index contributed by atoms with van der Waals surface area (Å²) in [7, 11) is 0. The molecule has 8 nitrogen and oxygen atoms in total. The smallest absolute Gasteiger partial charge is 0.323 e. The van der Waals surface area contributed by atoms with E-state index in [1.54, 1.807) is 19.1 Å². The van der Waals surface area contributed by atoms with E-state index in [0.717, 1.165) is 43.8 Å². The van der Waals surface area contributed by atoms with Gasteiger partial charge in [-0.2, -0.15) is 0 Å². The predicted molar refractivity (Wildman–Crippen MR) is 136 cm³/mol. The van der Waals surface area contributed by atoms with Gasteiger partial charge in [0, 0.05) is 5.69 Å². The fraction of sp³-hybridized carbons (Fsp3) is 0.640. The molecule has 0 spiro atoms. The number of aliphatic carboxylic acids is 1. The number of carbonyl (C=O) groups excluding carboxylic acids is 2. The van der Waals surface area contributed by atoms with Crippen LogP contribution in [0.25, 0.3) is 0 Å². The number of fused-ring (bicyclic) bond motifs is 1. The monoisotopic (exact) mass is 539 g/mol. The lowest BCUT2D eigenvalue weighted by Gasteiger charge is -2.27. The van der Waals surface area contributed by atoms with Crippen LogP contribution in [0.4, 0.5) is 5.69 Å². The van der Waals surface area contributed by atoms with Crippen molar-refractivity contribution in [3.8, 4) is 0 Å². The van der Waals surface area contributed by atoms with Crippen molar-refractivity contribution in [2.45, 2.75) is 70.4 Å². The molecule has 3 rings (SSSR count). The SMILES string of the molecule is Br.CCOC(=O)[C@@H](CCCCC1CCNCC1)N[C@H]1CCc2ccccc2N(CC(=O)O)C1=O. The third-order valence-corrected chi connectivity index (χ3v) is 6.63. The number of carbonyl (C=O) groups is 3. The average molecular weight is 540 g/mol. The minimum absolute atomic E-state index is 0. The number of carboxylic acids is 1. The molecule has 2 atom stereocenters. The number of hydrogen-bond acceptors (Lipinski definition) is 6. The van der Waals surface area contributed by atoms with Crippen molar-refractivity contribution >= 4 is 40.5 Å². The van der Waals surface area contributed by atoms with Crippen molar-refractivity contribution in [2.75, 3.05) is 31.1 Å². The summed E-state index contributed by atoms with van der Waals surface area (Å²) >= 11 is 0. The molecule has 0 aromatic heterocycles. The summed E-state index contributed by atoms with van der Waals surface area (Å²) in [5, 5.41) is 16.0. The van der Waals surface area contributed by atoms with Gasteiger partial charge in [-0.15, -0.1) is 17.0 Å². The zero-order valence-corrected chi connectivity index (χ0v) is 21.7. The minimum Gasteiger partial charge on any atom is -0.480 e. The Kier molecular flexibility index (Phi) is 12.0. The van der Waals surface area contributed by atoms with Crippen LogP contribution >= 0.6 is 17.0 Å². The Hall–Kier alpha value is -1.97. The molecule has 190 valence electrons. The summed E-state index contributed by atoms with van der Waals surface area (Å²) in [6.45, 7) is 3.80. The largest absolute Gasteiger partial charge is 0.480 e. The van der Waals surface area contributed by atoms with E-state index >= 15 is 0 Å². The molecule has 1 aromatic carbocycles. The highest BCUT2D eigenvalue weighted by Crippen LogP contribution is 2.27. The second-order valence-corrected chi connectivity index (χ2v) is 8.99. The maximum Gasteiger partial charge on any atom is 0.323 e. The van der Waals surface area contributed by atoms with E-state index < -0.39 is 24.6 Å². The Morgan fingerprint density at radius 1 is 1.21 bits per heavy atom. The van der Waals surface area contributed by atoms with Gasteiger partial charge in [-0.05, 0) is 69.7 Å². The summed E-state index contributed by atoms with van der Waals surface area (Å²) in [5.41, 5.74) is 1.56. The molecule has 1 amide bonds. The Morgan fingerprint density at radius 2 is 1.94 bits per heavy atom. The number of hydrogen-bond donors (Lipinski definition) is 3. The lowest BCUT2D eigenvalue weighted by Crippen LogP contribution is -2.53. The number of unbranched alkanes of at least 4 members (excludes halogenated alkanes) is 1. The zero-order valence-electron chi connectivity index (χ0n) is 20.0. The third kappa shape index (κ3) is 8.06. The molecular formula is C25H38BrN3O5. The number of para-hydroxylation sites is 1. The van der Waals surface area contributed by atoms with Crippen LogP contribution in [0.5, 0.6) is 0 Å². The molecule has 34 heavy (non-hydrogen) atoms. The van der Waals surface area contributed by atoms with Crippen LogP contribution in [0, 0.1) is 5.92 Å². The van der Waals surface area contributed by atoms with E-state index in [0.29, 0.717) is 24.9 Å². The van der Waals surface area contributed by atoms with E-state index in [9.17, 15) is 19.5 Å². The number of benzene rings is 1. The summed E-state index contributed by atoms with van der Waals surface area (Å²) < 4.78 is 5.28. The standard InChI is InChI=1S/C25H37N3O5.BrH/c1-2-33-25(32)21(9-5-3-7-18-13-15-26-16-14-18)27-20-12-11-19-8-4-6-10-22(19)28(24(20)31)17-23(29)30;/h4,6,8,10,18,20-21,26-27H,2-3,5,7,9,11-17H2,1H3,(H,29,30);1H/t20-,21+;/m0./s1. The van der Waals surface area contributed by atoms with Crippen LogP contribution in [-0.4, -0.2) is 61.3 Å². The summed E-state index contributed by atoms with van der Waals surface area (Å²) in [4.78, 5) is 38.8. The van der Waals surface area contributed by atoms with E-state index in [1.807, 2.05) is 12.1 Å². The van der Waals surface area contributed by atoms with E-state index in [2.05, 4.69) is 10.6 Å². The number of piperidine rings is 1. The molecule has 1 saturated heterocycles. The third-order valence-electron chi connectivity index (χ3n) is 6.63. The maximum atomic E-state index is 13.3. The molecule has 9 heteroatoms.